The highest BCUT2D eigenvalue weighted by molar-refractivity contribution is 9.10. The average Bonchev–Trinajstić information content (AvgIpc) is 2.36. The van der Waals surface area contributed by atoms with Gasteiger partial charge in [-0.3, -0.25) is 0 Å². The van der Waals surface area contributed by atoms with Gasteiger partial charge in [0.2, 0.25) is 0 Å². The Hall–Kier alpha value is -1.20. The van der Waals surface area contributed by atoms with Gasteiger partial charge in [-0.25, -0.2) is 13.2 Å². The zero-order valence-corrected chi connectivity index (χ0v) is 12.7. The smallest absolute Gasteiger partial charge is 0.150 e. The van der Waals surface area contributed by atoms with Crippen molar-refractivity contribution < 1.29 is 13.2 Å². The molecule has 2 aromatic carbocycles. The van der Waals surface area contributed by atoms with Gasteiger partial charge in [-0.15, -0.1) is 0 Å². The molecule has 0 aromatic heterocycles. The van der Waals surface area contributed by atoms with E-state index in [0.29, 0.717) is 10.0 Å². The number of halogens is 5. The Morgan fingerprint density at radius 3 is 2.20 bits per heavy atom. The highest BCUT2D eigenvalue weighted by Gasteiger charge is 2.15. The second-order valence-corrected chi connectivity index (χ2v) is 5.61. The lowest BCUT2D eigenvalue weighted by Gasteiger charge is -2.17. The molecular weight excluding hydrogens is 355 g/mol. The van der Waals surface area contributed by atoms with Gasteiger partial charge in [0.25, 0.3) is 0 Å². The molecule has 2 rings (SSSR count). The molecule has 0 spiro atoms. The summed E-state index contributed by atoms with van der Waals surface area (Å²) in [4.78, 5) is 0. The van der Waals surface area contributed by atoms with E-state index in [1.54, 1.807) is 6.92 Å². The van der Waals surface area contributed by atoms with Crippen LogP contribution in [0.5, 0.6) is 0 Å². The molecule has 1 unspecified atom stereocenters. The second-order valence-electron chi connectivity index (χ2n) is 4.28. The quantitative estimate of drug-likeness (QED) is 0.737. The third kappa shape index (κ3) is 3.27. The maximum atomic E-state index is 13.7. The van der Waals surface area contributed by atoms with Crippen molar-refractivity contribution in [3.8, 4) is 0 Å². The number of anilines is 1. The lowest BCUT2D eigenvalue weighted by molar-refractivity contribution is 0.583. The van der Waals surface area contributed by atoms with Crippen LogP contribution < -0.4 is 5.32 Å². The van der Waals surface area contributed by atoms with Crippen molar-refractivity contribution in [3.63, 3.8) is 0 Å². The van der Waals surface area contributed by atoms with Crippen molar-refractivity contribution in [1.82, 2.24) is 0 Å². The number of hydrogen-bond donors (Lipinski definition) is 1. The van der Waals surface area contributed by atoms with Crippen molar-refractivity contribution in [2.75, 3.05) is 5.32 Å². The molecule has 0 aliphatic rings. The summed E-state index contributed by atoms with van der Waals surface area (Å²) in [6.07, 6.45) is 0. The van der Waals surface area contributed by atoms with E-state index in [0.717, 1.165) is 12.1 Å². The van der Waals surface area contributed by atoms with Crippen LogP contribution in [0.25, 0.3) is 0 Å². The molecule has 0 heterocycles. The standard InChI is InChI=1S/C14H10BrClF3N/c1-7(8-2-3-11(17)10(16)4-8)20-14-12(18)5-9(15)6-13(14)19/h2-7,20H,1H3. The first kappa shape index (κ1) is 15.2. The van der Waals surface area contributed by atoms with Crippen LogP contribution in [0.15, 0.2) is 34.8 Å². The molecule has 1 atom stereocenters. The summed E-state index contributed by atoms with van der Waals surface area (Å²) >= 11 is 8.70. The van der Waals surface area contributed by atoms with Gasteiger partial charge in [0.05, 0.1) is 5.02 Å². The molecular formula is C14H10BrClF3N. The fourth-order valence-electron chi connectivity index (χ4n) is 1.76. The predicted molar refractivity (Wildman–Crippen MR) is 77.5 cm³/mol. The molecule has 0 radical (unpaired) electrons. The Bertz CT molecular complexity index is 625. The third-order valence-electron chi connectivity index (χ3n) is 2.81. The topological polar surface area (TPSA) is 12.0 Å². The maximum absolute atomic E-state index is 13.7. The number of benzene rings is 2. The second kappa shape index (κ2) is 6.06. The molecule has 2 aromatic rings. The highest BCUT2D eigenvalue weighted by Crippen LogP contribution is 2.28. The molecule has 1 nitrogen and oxygen atoms in total. The fourth-order valence-corrected chi connectivity index (χ4v) is 2.35. The van der Waals surface area contributed by atoms with E-state index >= 15 is 0 Å². The van der Waals surface area contributed by atoms with E-state index in [1.165, 1.54) is 18.2 Å². The van der Waals surface area contributed by atoms with E-state index in [-0.39, 0.29) is 10.7 Å². The zero-order valence-electron chi connectivity index (χ0n) is 10.4. The summed E-state index contributed by atoms with van der Waals surface area (Å²) in [6.45, 7) is 1.70. The number of rotatable bonds is 3. The molecule has 6 heteroatoms. The summed E-state index contributed by atoms with van der Waals surface area (Å²) in [5.41, 5.74) is 0.388. The van der Waals surface area contributed by atoms with Gasteiger partial charge in [-0.2, -0.15) is 0 Å². The van der Waals surface area contributed by atoms with Crippen LogP contribution >= 0.6 is 27.5 Å². The van der Waals surface area contributed by atoms with E-state index in [1.807, 2.05) is 0 Å². The molecule has 0 amide bonds. The van der Waals surface area contributed by atoms with Crippen molar-refractivity contribution >= 4 is 33.2 Å². The maximum Gasteiger partial charge on any atom is 0.150 e. The van der Waals surface area contributed by atoms with Gasteiger partial charge in [-0.05, 0) is 36.8 Å². The van der Waals surface area contributed by atoms with Crippen LogP contribution in [0.3, 0.4) is 0 Å². The first-order valence-corrected chi connectivity index (χ1v) is 6.91. The van der Waals surface area contributed by atoms with Crippen LogP contribution in [0.1, 0.15) is 18.5 Å². The molecule has 106 valence electrons. The largest absolute Gasteiger partial charge is 0.374 e. The van der Waals surface area contributed by atoms with Crippen LogP contribution in [0.2, 0.25) is 5.02 Å². The first-order chi connectivity index (χ1) is 9.38. The lowest BCUT2D eigenvalue weighted by Crippen LogP contribution is -2.10. The van der Waals surface area contributed by atoms with Crippen LogP contribution in [-0.4, -0.2) is 0 Å². The lowest BCUT2D eigenvalue weighted by atomic mass is 10.1. The molecule has 1 N–H and O–H groups in total. The molecule has 0 aliphatic heterocycles. The Balaban J connectivity index is 2.27. The van der Waals surface area contributed by atoms with E-state index < -0.39 is 23.5 Å². The van der Waals surface area contributed by atoms with Crippen molar-refractivity contribution in [2.45, 2.75) is 13.0 Å². The predicted octanol–water partition coefficient (Wildman–Crippen LogP) is 5.69. The number of nitrogens with one attached hydrogen (secondary N) is 1. The summed E-state index contributed by atoms with van der Waals surface area (Å²) in [6, 6.07) is 6.03. The van der Waals surface area contributed by atoms with Crippen molar-refractivity contribution in [1.29, 1.82) is 0 Å². The van der Waals surface area contributed by atoms with Crippen LogP contribution in [0.4, 0.5) is 18.9 Å². The summed E-state index contributed by atoms with van der Waals surface area (Å²) in [5, 5.41) is 2.68. The molecule has 0 bridgehead atoms. The average molecular weight is 365 g/mol. The van der Waals surface area contributed by atoms with Gasteiger partial charge in [0.1, 0.15) is 23.1 Å². The van der Waals surface area contributed by atoms with Gasteiger partial charge in [0.15, 0.2) is 0 Å². The number of hydrogen-bond acceptors (Lipinski definition) is 1. The summed E-state index contributed by atoms with van der Waals surface area (Å²) < 4.78 is 40.8. The van der Waals surface area contributed by atoms with Gasteiger partial charge in [0, 0.05) is 10.5 Å². The Morgan fingerprint density at radius 1 is 1.05 bits per heavy atom. The monoisotopic (exact) mass is 363 g/mol. The van der Waals surface area contributed by atoms with Crippen LogP contribution in [-0.2, 0) is 0 Å². The minimum atomic E-state index is -0.711. The SMILES string of the molecule is CC(Nc1c(F)cc(Br)cc1F)c1ccc(F)c(Cl)c1. The fraction of sp³-hybridized carbons (Fsp3) is 0.143. The van der Waals surface area contributed by atoms with Gasteiger partial charge < -0.3 is 5.32 Å². The Kier molecular flexibility index (Phi) is 4.60. The first-order valence-electron chi connectivity index (χ1n) is 5.74. The Morgan fingerprint density at radius 2 is 1.65 bits per heavy atom. The normalized spacial score (nSPS) is 12.3. The summed E-state index contributed by atoms with van der Waals surface area (Å²) in [5.74, 6) is -1.96. The molecule has 0 aliphatic carbocycles. The van der Waals surface area contributed by atoms with Crippen LogP contribution in [0, 0.1) is 17.5 Å². The Labute approximate surface area is 127 Å². The highest BCUT2D eigenvalue weighted by atomic mass is 79.9. The molecule has 0 saturated carbocycles. The van der Waals surface area contributed by atoms with Gasteiger partial charge in [-0.1, -0.05) is 33.6 Å². The minimum absolute atomic E-state index is 0.0344. The van der Waals surface area contributed by atoms with E-state index in [9.17, 15) is 13.2 Å². The molecule has 0 fully saturated rings. The third-order valence-corrected chi connectivity index (χ3v) is 3.56. The molecule has 0 saturated heterocycles. The zero-order chi connectivity index (χ0) is 14.9. The molecule has 20 heavy (non-hydrogen) atoms. The van der Waals surface area contributed by atoms with Crippen molar-refractivity contribution in [2.24, 2.45) is 0 Å². The summed E-state index contributed by atoms with van der Waals surface area (Å²) in [7, 11) is 0. The van der Waals surface area contributed by atoms with Gasteiger partial charge >= 0.3 is 0 Å². The minimum Gasteiger partial charge on any atom is -0.374 e. The van der Waals surface area contributed by atoms with E-state index in [2.05, 4.69) is 21.2 Å². The van der Waals surface area contributed by atoms with Crippen molar-refractivity contribution in [3.05, 3.63) is 62.8 Å². The van der Waals surface area contributed by atoms with E-state index in [4.69, 9.17) is 11.6 Å².